The van der Waals surface area contributed by atoms with Crippen molar-refractivity contribution in [2.45, 2.75) is 6.54 Å². The minimum atomic E-state index is -2.70. The molecule has 31 heavy (non-hydrogen) atoms. The quantitative estimate of drug-likeness (QED) is 0.401. The number of hydrogen-bond acceptors (Lipinski definition) is 6. The molecule has 0 aliphatic carbocycles. The maximum atomic E-state index is 14.5. The molecule has 0 fully saturated rings. The number of pyridine rings is 1. The van der Waals surface area contributed by atoms with Crippen molar-refractivity contribution in [1.82, 2.24) is 29.9 Å². The number of fused-ring (bicyclic) bond motifs is 2. The maximum Gasteiger partial charge on any atom is 0.221 e. The van der Waals surface area contributed by atoms with Crippen molar-refractivity contribution >= 4 is 34.6 Å². The van der Waals surface area contributed by atoms with Crippen LogP contribution in [0, 0.1) is 5.82 Å². The molecule has 0 saturated heterocycles. The van der Waals surface area contributed by atoms with E-state index >= 15 is 0 Å². The fraction of sp³-hybridized carbons (Fsp3) is 0.136. The molecule has 0 radical (unpaired) electrons. The van der Waals surface area contributed by atoms with Crippen LogP contribution in [0.25, 0.3) is 33.5 Å². The van der Waals surface area contributed by atoms with Gasteiger partial charge in [-0.1, -0.05) is 23.4 Å². The highest BCUT2D eigenvalue weighted by atomic mass is 31.2. The highest BCUT2D eigenvalue weighted by molar-refractivity contribution is 7.70. The van der Waals surface area contributed by atoms with E-state index in [0.29, 0.717) is 29.1 Å². The van der Waals surface area contributed by atoms with Crippen molar-refractivity contribution in [3.05, 3.63) is 72.3 Å². The summed E-state index contributed by atoms with van der Waals surface area (Å²) in [7, 11) is -2.70. The van der Waals surface area contributed by atoms with Gasteiger partial charge in [0, 0.05) is 22.5 Å². The zero-order valence-corrected chi connectivity index (χ0v) is 17.8. The van der Waals surface area contributed by atoms with Crippen LogP contribution in [-0.4, -0.2) is 43.3 Å². The van der Waals surface area contributed by atoms with E-state index in [1.165, 1.54) is 12.3 Å². The Balaban J connectivity index is 1.52. The van der Waals surface area contributed by atoms with Gasteiger partial charge < -0.3 is 4.57 Å². The van der Waals surface area contributed by atoms with Crippen LogP contribution in [0.15, 0.2) is 60.9 Å². The van der Waals surface area contributed by atoms with E-state index in [1.54, 1.807) is 36.3 Å². The Hall–Kier alpha value is -3.51. The number of nitrogens with zero attached hydrogens (tertiary/aromatic N) is 6. The van der Waals surface area contributed by atoms with E-state index in [4.69, 9.17) is 0 Å². The van der Waals surface area contributed by atoms with E-state index in [-0.39, 0.29) is 5.30 Å². The highest BCUT2D eigenvalue weighted by Crippen LogP contribution is 2.36. The number of rotatable bonds is 4. The van der Waals surface area contributed by atoms with E-state index < -0.39 is 13.0 Å². The predicted octanol–water partition coefficient (Wildman–Crippen LogP) is 3.87. The topological polar surface area (TPSA) is 86.5 Å². The molecular formula is C22H18FN6OP. The normalized spacial score (nSPS) is 12.0. The second kappa shape index (κ2) is 7.32. The highest BCUT2D eigenvalue weighted by Gasteiger charge is 2.18. The van der Waals surface area contributed by atoms with Gasteiger partial charge in [-0.2, -0.15) is 0 Å². The van der Waals surface area contributed by atoms with Crippen molar-refractivity contribution in [2.24, 2.45) is 0 Å². The summed E-state index contributed by atoms with van der Waals surface area (Å²) in [6.45, 7) is 3.55. The second-order valence-electron chi connectivity index (χ2n) is 7.70. The van der Waals surface area contributed by atoms with Crippen LogP contribution < -0.4 is 5.30 Å². The first-order chi connectivity index (χ1) is 14.9. The Morgan fingerprint density at radius 1 is 1.06 bits per heavy atom. The van der Waals surface area contributed by atoms with Gasteiger partial charge in [0.2, 0.25) is 5.65 Å². The van der Waals surface area contributed by atoms with Gasteiger partial charge in [-0.3, -0.25) is 4.98 Å². The zero-order chi connectivity index (χ0) is 21.6. The third kappa shape index (κ3) is 3.70. The molecule has 0 spiro atoms. The van der Waals surface area contributed by atoms with Gasteiger partial charge >= 0.3 is 0 Å². The predicted molar refractivity (Wildman–Crippen MR) is 118 cm³/mol. The summed E-state index contributed by atoms with van der Waals surface area (Å²) in [6, 6.07) is 14.5. The van der Waals surface area contributed by atoms with Crippen LogP contribution in [0.2, 0.25) is 0 Å². The van der Waals surface area contributed by atoms with Crippen LogP contribution in [0.5, 0.6) is 0 Å². The molecule has 0 aliphatic rings. The summed E-state index contributed by atoms with van der Waals surface area (Å²) >= 11 is 0. The average molecular weight is 432 g/mol. The van der Waals surface area contributed by atoms with Crippen molar-refractivity contribution < 1.29 is 8.96 Å². The summed E-state index contributed by atoms with van der Waals surface area (Å²) < 4.78 is 28.4. The van der Waals surface area contributed by atoms with Crippen LogP contribution in [0.4, 0.5) is 4.39 Å². The van der Waals surface area contributed by atoms with E-state index in [1.807, 2.05) is 24.3 Å². The second-order valence-corrected chi connectivity index (χ2v) is 10.9. The lowest BCUT2D eigenvalue weighted by molar-refractivity contribution is 0.584. The third-order valence-corrected chi connectivity index (χ3v) is 6.57. The lowest BCUT2D eigenvalue weighted by Gasteiger charge is -2.10. The molecule has 3 aromatic heterocycles. The number of hydrogen-bond donors (Lipinski definition) is 0. The van der Waals surface area contributed by atoms with Crippen LogP contribution in [0.1, 0.15) is 5.56 Å². The molecular weight excluding hydrogens is 414 g/mol. The molecule has 2 aromatic carbocycles. The lowest BCUT2D eigenvalue weighted by Crippen LogP contribution is -2.08. The maximum absolute atomic E-state index is 14.5. The molecule has 0 amide bonds. The van der Waals surface area contributed by atoms with Crippen molar-refractivity contribution in [2.75, 3.05) is 13.3 Å². The summed E-state index contributed by atoms with van der Waals surface area (Å²) in [4.78, 5) is 13.3. The number of halogens is 1. The fourth-order valence-electron chi connectivity index (χ4n) is 3.50. The molecule has 0 saturated carbocycles. The van der Waals surface area contributed by atoms with Crippen molar-refractivity contribution in [1.29, 1.82) is 0 Å². The molecule has 0 atom stereocenters. The summed E-state index contributed by atoms with van der Waals surface area (Å²) in [5, 5.41) is 9.54. The molecule has 0 N–H and O–H groups in total. The van der Waals surface area contributed by atoms with Gasteiger partial charge in [0.15, 0.2) is 5.65 Å². The summed E-state index contributed by atoms with van der Waals surface area (Å²) in [5.74, 6) is -0.510. The smallest absolute Gasteiger partial charge is 0.221 e. The molecule has 0 bridgehead atoms. The summed E-state index contributed by atoms with van der Waals surface area (Å²) in [6.07, 6.45) is 3.30. The molecule has 5 rings (SSSR count). The van der Waals surface area contributed by atoms with Gasteiger partial charge in [0.05, 0.1) is 24.0 Å². The summed E-state index contributed by atoms with van der Waals surface area (Å²) in [5.41, 5.74) is 3.90. The molecule has 0 unspecified atom stereocenters. The minimum absolute atomic E-state index is 0.225. The Kier molecular flexibility index (Phi) is 4.59. The average Bonchev–Trinajstić information content (AvgIpc) is 3.14. The van der Waals surface area contributed by atoms with Gasteiger partial charge in [-0.05, 0) is 49.2 Å². The molecule has 0 aliphatic heterocycles. The van der Waals surface area contributed by atoms with Crippen LogP contribution in [-0.2, 0) is 11.1 Å². The van der Waals surface area contributed by atoms with Gasteiger partial charge in [0.1, 0.15) is 13.0 Å². The molecule has 154 valence electrons. The first-order valence-electron chi connectivity index (χ1n) is 9.64. The van der Waals surface area contributed by atoms with E-state index in [9.17, 15) is 8.96 Å². The Labute approximate surface area is 177 Å². The Bertz CT molecular complexity index is 1490. The molecule has 3 heterocycles. The fourth-order valence-corrected chi connectivity index (χ4v) is 4.51. The first-order valence-corrected chi connectivity index (χ1v) is 12.2. The Morgan fingerprint density at radius 2 is 1.94 bits per heavy atom. The molecule has 7 nitrogen and oxygen atoms in total. The Morgan fingerprint density at radius 3 is 2.74 bits per heavy atom. The molecule has 9 heteroatoms. The van der Waals surface area contributed by atoms with Crippen molar-refractivity contribution in [3.8, 4) is 11.3 Å². The zero-order valence-electron chi connectivity index (χ0n) is 16.9. The minimum Gasteiger partial charge on any atom is -0.319 e. The van der Waals surface area contributed by atoms with Gasteiger partial charge in [-0.25, -0.2) is 19.0 Å². The SMILES string of the molecule is CP(C)(=O)c1ccc(-c2cnc3nnn(Cc4ccc5ncccc5c4)c3n2)cc1F. The third-order valence-electron chi connectivity index (χ3n) is 5.05. The standard InChI is InChI=1S/C22H18FN6OP/c1-31(2,30)20-8-6-16(11-17(20)23)19-12-25-21-22(26-19)29(28-27-21)13-14-5-7-18-15(10-14)4-3-9-24-18/h3-12H,13H2,1-2H3. The lowest BCUT2D eigenvalue weighted by atomic mass is 10.1. The number of benzene rings is 2. The van der Waals surface area contributed by atoms with Crippen LogP contribution >= 0.6 is 7.14 Å². The molecule has 5 aromatic rings. The van der Waals surface area contributed by atoms with Gasteiger partial charge in [-0.15, -0.1) is 5.10 Å². The largest absolute Gasteiger partial charge is 0.319 e. The monoisotopic (exact) mass is 432 g/mol. The van der Waals surface area contributed by atoms with E-state index in [0.717, 1.165) is 16.5 Å². The number of aromatic nitrogens is 6. The van der Waals surface area contributed by atoms with Crippen LogP contribution in [0.3, 0.4) is 0 Å². The van der Waals surface area contributed by atoms with Gasteiger partial charge in [0.25, 0.3) is 0 Å². The first kappa shape index (κ1) is 19.5. The van der Waals surface area contributed by atoms with E-state index in [2.05, 4.69) is 31.3 Å². The van der Waals surface area contributed by atoms with Crippen molar-refractivity contribution in [3.63, 3.8) is 0 Å².